The highest BCUT2D eigenvalue weighted by molar-refractivity contribution is 7.15. The number of alkyl halides is 3. The lowest BCUT2D eigenvalue weighted by Crippen LogP contribution is -2.05. The van der Waals surface area contributed by atoms with Gasteiger partial charge in [-0.3, -0.25) is 0 Å². The summed E-state index contributed by atoms with van der Waals surface area (Å²) in [6.45, 7) is 1.89. The summed E-state index contributed by atoms with van der Waals surface area (Å²) in [6.07, 6.45) is -3.72. The maximum Gasteiger partial charge on any atom is 0.417 e. The van der Waals surface area contributed by atoms with Gasteiger partial charge in [-0.2, -0.15) is 13.2 Å². The largest absolute Gasteiger partial charge is 0.478 e. The first kappa shape index (κ1) is 22.4. The predicted octanol–water partition coefficient (Wildman–Crippen LogP) is 5.87. The molecular weight excluding hydrogens is 455 g/mol. The fourth-order valence-electron chi connectivity index (χ4n) is 3.03. The Morgan fingerprint density at radius 1 is 1.03 bits per heavy atom. The molecule has 1 aromatic carbocycles. The minimum atomic E-state index is -4.45. The molecule has 0 fully saturated rings. The zero-order valence-electron chi connectivity index (χ0n) is 17.1. The normalized spacial score (nSPS) is 11.4. The third kappa shape index (κ3) is 5.17. The number of pyridine rings is 2. The number of hydrogen-bond donors (Lipinski definition) is 1. The Balaban J connectivity index is 1.50. The molecule has 1 N–H and O–H groups in total. The number of hydrogen-bond acceptors (Lipinski definition) is 6. The van der Waals surface area contributed by atoms with Gasteiger partial charge in [-0.1, -0.05) is 18.2 Å². The van der Waals surface area contributed by atoms with Crippen LogP contribution in [0.25, 0.3) is 21.8 Å². The summed E-state index contributed by atoms with van der Waals surface area (Å²) in [6, 6.07) is 14.1. The fraction of sp³-hybridized carbons (Fsp3) is 0.130. The lowest BCUT2D eigenvalue weighted by atomic mass is 10.1. The Kier molecular flexibility index (Phi) is 6.10. The monoisotopic (exact) mass is 471 g/mol. The van der Waals surface area contributed by atoms with Crippen LogP contribution in [-0.2, 0) is 12.8 Å². The summed E-state index contributed by atoms with van der Waals surface area (Å²) in [5, 5.41) is 9.68. The fourth-order valence-corrected chi connectivity index (χ4v) is 3.97. The smallest absolute Gasteiger partial charge is 0.417 e. The Labute approximate surface area is 190 Å². The van der Waals surface area contributed by atoms with Gasteiger partial charge in [0.15, 0.2) is 0 Å². The molecule has 4 aromatic rings. The third-order valence-electron chi connectivity index (χ3n) is 4.66. The van der Waals surface area contributed by atoms with Gasteiger partial charge in [0, 0.05) is 17.8 Å². The van der Waals surface area contributed by atoms with Crippen molar-refractivity contribution in [3.63, 3.8) is 0 Å². The van der Waals surface area contributed by atoms with Crippen LogP contribution >= 0.6 is 11.3 Å². The van der Waals surface area contributed by atoms with Crippen LogP contribution in [0.2, 0.25) is 0 Å². The van der Waals surface area contributed by atoms with E-state index in [1.807, 2.05) is 25.1 Å². The number of halogens is 3. The second kappa shape index (κ2) is 8.99. The second-order valence-corrected chi connectivity index (χ2v) is 8.07. The molecule has 33 heavy (non-hydrogen) atoms. The van der Waals surface area contributed by atoms with Crippen molar-refractivity contribution in [2.24, 2.45) is 0 Å². The molecule has 168 valence electrons. The topological polar surface area (TPSA) is 85.2 Å². The molecule has 0 spiro atoms. The Morgan fingerprint density at radius 2 is 1.76 bits per heavy atom. The molecule has 0 aliphatic carbocycles. The maximum absolute atomic E-state index is 12.6. The van der Waals surface area contributed by atoms with Gasteiger partial charge in [-0.25, -0.2) is 19.7 Å². The van der Waals surface area contributed by atoms with Crippen molar-refractivity contribution in [1.29, 1.82) is 0 Å². The molecule has 3 aromatic heterocycles. The lowest BCUT2D eigenvalue weighted by Gasteiger charge is -2.07. The van der Waals surface area contributed by atoms with Gasteiger partial charge in [-0.15, -0.1) is 11.3 Å². The summed E-state index contributed by atoms with van der Waals surface area (Å²) in [5.41, 5.74) is 2.25. The lowest BCUT2D eigenvalue weighted by molar-refractivity contribution is -0.137. The molecule has 0 saturated heterocycles. The van der Waals surface area contributed by atoms with Crippen molar-refractivity contribution in [1.82, 2.24) is 15.0 Å². The molecule has 0 amide bonds. The quantitative estimate of drug-likeness (QED) is 0.379. The van der Waals surface area contributed by atoms with E-state index in [0.29, 0.717) is 16.4 Å². The minimum absolute atomic E-state index is 0.0558. The van der Waals surface area contributed by atoms with Crippen LogP contribution < -0.4 is 4.74 Å². The summed E-state index contributed by atoms with van der Waals surface area (Å²) in [5.74, 6) is -0.924. The van der Waals surface area contributed by atoms with Gasteiger partial charge in [0.25, 0.3) is 0 Å². The highest BCUT2D eigenvalue weighted by Gasteiger charge is 2.30. The van der Waals surface area contributed by atoms with E-state index in [1.165, 1.54) is 29.5 Å². The molecule has 10 heteroatoms. The highest BCUT2D eigenvalue weighted by Crippen LogP contribution is 2.32. The first-order valence-electron chi connectivity index (χ1n) is 9.64. The van der Waals surface area contributed by atoms with Crippen LogP contribution in [0.1, 0.15) is 26.6 Å². The Morgan fingerprint density at radius 3 is 2.39 bits per heavy atom. The van der Waals surface area contributed by atoms with E-state index in [0.717, 1.165) is 28.4 Å². The number of rotatable bonds is 6. The standard InChI is InChI=1S/C23H16F3N3O3S/c1-13-21(18-4-2-3-17(29-18)14-5-7-15(8-6-14)22(30)31)33-20(28-13)12-32-19-10-9-16(11-27-19)23(24,25)26/h2-11H,12H2,1H3,(H,30,31). The molecule has 0 aliphatic heterocycles. The van der Waals surface area contributed by atoms with E-state index in [4.69, 9.17) is 9.84 Å². The van der Waals surface area contributed by atoms with E-state index < -0.39 is 17.7 Å². The molecule has 0 bridgehead atoms. The molecule has 0 radical (unpaired) electrons. The number of ether oxygens (including phenoxy) is 1. The number of benzene rings is 1. The number of thiazole rings is 1. The van der Waals surface area contributed by atoms with Gasteiger partial charge in [0.2, 0.25) is 5.88 Å². The first-order valence-corrected chi connectivity index (χ1v) is 10.5. The number of nitrogens with zero attached hydrogens (tertiary/aromatic N) is 3. The van der Waals surface area contributed by atoms with Crippen LogP contribution in [0.15, 0.2) is 60.8 Å². The zero-order chi connectivity index (χ0) is 23.6. The summed E-state index contributed by atoms with van der Waals surface area (Å²) < 4.78 is 43.4. The van der Waals surface area contributed by atoms with E-state index in [9.17, 15) is 18.0 Å². The molecule has 3 heterocycles. The zero-order valence-corrected chi connectivity index (χ0v) is 17.9. The van der Waals surface area contributed by atoms with Crippen molar-refractivity contribution in [2.75, 3.05) is 0 Å². The SMILES string of the molecule is Cc1nc(COc2ccc(C(F)(F)F)cn2)sc1-c1cccc(-c2ccc(C(=O)O)cc2)n1. The number of aromatic carboxylic acids is 1. The van der Waals surface area contributed by atoms with Gasteiger partial charge >= 0.3 is 12.1 Å². The van der Waals surface area contributed by atoms with Crippen LogP contribution in [0.3, 0.4) is 0 Å². The molecule has 0 unspecified atom stereocenters. The van der Waals surface area contributed by atoms with E-state index in [-0.39, 0.29) is 18.1 Å². The third-order valence-corrected chi connectivity index (χ3v) is 5.81. The van der Waals surface area contributed by atoms with Crippen molar-refractivity contribution in [2.45, 2.75) is 19.7 Å². The number of carbonyl (C=O) groups is 1. The van der Waals surface area contributed by atoms with Crippen LogP contribution in [0.4, 0.5) is 13.2 Å². The van der Waals surface area contributed by atoms with Crippen LogP contribution in [0, 0.1) is 6.92 Å². The average molecular weight is 471 g/mol. The van der Waals surface area contributed by atoms with Gasteiger partial charge in [0.05, 0.1) is 33.1 Å². The maximum atomic E-state index is 12.6. The van der Waals surface area contributed by atoms with Crippen molar-refractivity contribution in [3.8, 4) is 27.7 Å². The second-order valence-electron chi connectivity index (χ2n) is 6.98. The van der Waals surface area contributed by atoms with Gasteiger partial charge in [0.1, 0.15) is 11.6 Å². The van der Waals surface area contributed by atoms with Crippen molar-refractivity contribution >= 4 is 17.3 Å². The van der Waals surface area contributed by atoms with Crippen LogP contribution in [-0.4, -0.2) is 26.0 Å². The molecule has 0 saturated carbocycles. The number of carboxylic acids is 1. The molecule has 6 nitrogen and oxygen atoms in total. The van der Waals surface area contributed by atoms with Crippen molar-refractivity contribution < 1.29 is 27.8 Å². The molecule has 0 atom stereocenters. The number of aromatic nitrogens is 3. The molecule has 4 rings (SSSR count). The average Bonchev–Trinajstić information content (AvgIpc) is 3.18. The predicted molar refractivity (Wildman–Crippen MR) is 116 cm³/mol. The first-order chi connectivity index (χ1) is 15.7. The van der Waals surface area contributed by atoms with Crippen molar-refractivity contribution in [3.05, 3.63) is 82.6 Å². The van der Waals surface area contributed by atoms with E-state index in [2.05, 4.69) is 15.0 Å². The van der Waals surface area contributed by atoms with Gasteiger partial charge in [-0.05, 0) is 37.3 Å². The van der Waals surface area contributed by atoms with E-state index in [1.54, 1.807) is 12.1 Å². The Bertz CT molecular complexity index is 1290. The summed E-state index contributed by atoms with van der Waals surface area (Å²) >= 11 is 1.37. The Hall–Kier alpha value is -3.79. The van der Waals surface area contributed by atoms with E-state index >= 15 is 0 Å². The summed E-state index contributed by atoms with van der Waals surface area (Å²) in [4.78, 5) is 24.7. The van der Waals surface area contributed by atoms with Crippen LogP contribution in [0.5, 0.6) is 5.88 Å². The number of aryl methyl sites for hydroxylation is 1. The highest BCUT2D eigenvalue weighted by atomic mass is 32.1. The molecule has 0 aliphatic rings. The minimum Gasteiger partial charge on any atom is -0.478 e. The van der Waals surface area contributed by atoms with Gasteiger partial charge < -0.3 is 9.84 Å². The number of carboxylic acid groups (broad SMARTS) is 1. The molecular formula is C23H16F3N3O3S. The summed E-state index contributed by atoms with van der Waals surface area (Å²) in [7, 11) is 0.